The number of carbonyl (C=O) groups is 2. The maximum atomic E-state index is 12.2. The lowest BCUT2D eigenvalue weighted by Gasteiger charge is -2.60. The molecule has 0 saturated heterocycles. The van der Waals surface area contributed by atoms with Crippen LogP contribution in [0, 0.1) is 34.5 Å². The molecule has 26 heavy (non-hydrogen) atoms. The Morgan fingerprint density at radius 3 is 2.50 bits per heavy atom. The average molecular weight is 359 g/mol. The van der Waals surface area contributed by atoms with Crippen molar-refractivity contribution in [3.8, 4) is 0 Å². The molecule has 4 aliphatic rings. The maximum Gasteiger partial charge on any atom is 0.302 e. The summed E-state index contributed by atoms with van der Waals surface area (Å²) in [6.07, 6.45) is 11.7. The Morgan fingerprint density at radius 1 is 1.04 bits per heavy atom. The van der Waals surface area contributed by atoms with Crippen LogP contribution in [0.3, 0.4) is 0 Å². The zero-order valence-corrected chi connectivity index (χ0v) is 16.8. The van der Waals surface area contributed by atoms with Crippen molar-refractivity contribution in [2.75, 3.05) is 0 Å². The number of ketones is 1. The Bertz CT molecular complexity index is 650. The van der Waals surface area contributed by atoms with Crippen LogP contribution >= 0.6 is 0 Å². The van der Waals surface area contributed by atoms with Gasteiger partial charge in [-0.1, -0.05) is 19.9 Å². The first kappa shape index (κ1) is 18.3. The molecule has 0 amide bonds. The Kier molecular flexibility index (Phi) is 4.36. The minimum atomic E-state index is -0.130. The van der Waals surface area contributed by atoms with Gasteiger partial charge in [-0.15, -0.1) is 0 Å². The summed E-state index contributed by atoms with van der Waals surface area (Å²) in [4.78, 5) is 23.5. The Balaban J connectivity index is 1.54. The lowest BCUT2D eigenvalue weighted by molar-refractivity contribution is -0.159. The summed E-state index contributed by atoms with van der Waals surface area (Å²) in [6, 6.07) is 0. The third-order valence-electron chi connectivity index (χ3n) is 8.91. The highest BCUT2D eigenvalue weighted by Gasteiger charge is 2.59. The van der Waals surface area contributed by atoms with Crippen LogP contribution in [0.5, 0.6) is 0 Å². The Hall–Kier alpha value is -1.12. The van der Waals surface area contributed by atoms with E-state index >= 15 is 0 Å². The molecule has 0 spiro atoms. The van der Waals surface area contributed by atoms with E-state index in [4.69, 9.17) is 4.74 Å². The maximum absolute atomic E-state index is 12.2. The molecule has 0 heterocycles. The molecule has 4 aliphatic carbocycles. The van der Waals surface area contributed by atoms with Crippen molar-refractivity contribution >= 4 is 11.8 Å². The van der Waals surface area contributed by atoms with E-state index < -0.39 is 0 Å². The predicted molar refractivity (Wildman–Crippen MR) is 101 cm³/mol. The van der Waals surface area contributed by atoms with Crippen LogP contribution in [-0.4, -0.2) is 17.9 Å². The van der Waals surface area contributed by atoms with Crippen molar-refractivity contribution in [1.29, 1.82) is 0 Å². The second-order valence-electron chi connectivity index (χ2n) is 10.0. The SMILES string of the molecule is CC(=O)O[C@@H]1CC[C@@]2(C)[C@@H](CC[C@H]3[C@H]2CC[C@]2(C)C(C(C)=O)=CC[C@H]32)C1. The molecule has 7 atom stereocenters. The van der Waals surface area contributed by atoms with Crippen LogP contribution in [0.4, 0.5) is 0 Å². The number of esters is 1. The molecule has 0 unspecified atom stereocenters. The van der Waals surface area contributed by atoms with Gasteiger partial charge in [0.05, 0.1) is 0 Å². The largest absolute Gasteiger partial charge is 0.463 e. The first-order chi connectivity index (χ1) is 12.3. The van der Waals surface area contributed by atoms with Gasteiger partial charge in [0.15, 0.2) is 5.78 Å². The fourth-order valence-electron chi connectivity index (χ4n) is 7.67. The number of carbonyl (C=O) groups excluding carboxylic acids is 2. The monoisotopic (exact) mass is 358 g/mol. The van der Waals surface area contributed by atoms with Gasteiger partial charge in [-0.3, -0.25) is 9.59 Å². The van der Waals surface area contributed by atoms with Crippen LogP contribution in [0.2, 0.25) is 0 Å². The second kappa shape index (κ2) is 6.21. The minimum absolute atomic E-state index is 0.116. The van der Waals surface area contributed by atoms with E-state index in [0.717, 1.165) is 36.7 Å². The summed E-state index contributed by atoms with van der Waals surface area (Å²) in [6.45, 7) is 8.17. The average Bonchev–Trinajstić information content (AvgIpc) is 2.92. The molecular formula is C23H34O3. The fourth-order valence-corrected chi connectivity index (χ4v) is 7.67. The molecule has 0 aliphatic heterocycles. The van der Waals surface area contributed by atoms with Crippen molar-refractivity contribution < 1.29 is 14.3 Å². The standard InChI is InChI=1S/C23H34O3/c1-14(24)19-7-8-20-18-6-5-16-13-17(26-15(2)25)9-11-22(16,3)21(18)10-12-23(19,20)4/h7,16-18,20-21H,5-6,8-13H2,1-4H3/t16-,17+,18+,20+,21+,22-,23+/m0/s1. The molecule has 0 aromatic rings. The van der Waals surface area contributed by atoms with Crippen molar-refractivity contribution in [3.63, 3.8) is 0 Å². The quantitative estimate of drug-likeness (QED) is 0.646. The van der Waals surface area contributed by atoms with Crippen molar-refractivity contribution in [2.45, 2.75) is 85.2 Å². The first-order valence-corrected chi connectivity index (χ1v) is 10.6. The fraction of sp³-hybridized carbons (Fsp3) is 0.826. The number of allylic oxidation sites excluding steroid dienone is 2. The predicted octanol–water partition coefficient (Wildman–Crippen LogP) is 5.09. The highest BCUT2D eigenvalue weighted by atomic mass is 16.5. The molecule has 0 aromatic carbocycles. The third-order valence-corrected chi connectivity index (χ3v) is 8.91. The lowest BCUT2D eigenvalue weighted by Crippen LogP contribution is -2.54. The molecule has 0 aromatic heterocycles. The van der Waals surface area contributed by atoms with E-state index in [1.807, 2.05) is 0 Å². The number of ether oxygens (including phenoxy) is 1. The molecule has 3 saturated carbocycles. The molecular weight excluding hydrogens is 324 g/mol. The van der Waals surface area contributed by atoms with Gasteiger partial charge in [0.2, 0.25) is 0 Å². The number of fused-ring (bicyclic) bond motifs is 5. The summed E-state index contributed by atoms with van der Waals surface area (Å²) in [5.41, 5.74) is 1.62. The van der Waals surface area contributed by atoms with Crippen molar-refractivity contribution in [1.82, 2.24) is 0 Å². The summed E-state index contributed by atoms with van der Waals surface area (Å²) >= 11 is 0. The van der Waals surface area contributed by atoms with Crippen LogP contribution in [0.25, 0.3) is 0 Å². The zero-order chi connectivity index (χ0) is 18.7. The van der Waals surface area contributed by atoms with Gasteiger partial charge in [-0.05, 0) is 98.4 Å². The first-order valence-electron chi connectivity index (χ1n) is 10.6. The normalized spacial score (nSPS) is 47.2. The van der Waals surface area contributed by atoms with Crippen molar-refractivity contribution in [3.05, 3.63) is 11.6 Å². The van der Waals surface area contributed by atoms with Gasteiger partial charge < -0.3 is 4.74 Å². The van der Waals surface area contributed by atoms with Crippen LogP contribution in [-0.2, 0) is 14.3 Å². The molecule has 3 nitrogen and oxygen atoms in total. The van der Waals surface area contributed by atoms with E-state index in [-0.39, 0.29) is 23.3 Å². The zero-order valence-electron chi connectivity index (χ0n) is 16.8. The summed E-state index contributed by atoms with van der Waals surface area (Å²) in [5.74, 6) is 3.03. The van der Waals surface area contributed by atoms with E-state index in [1.165, 1.54) is 39.0 Å². The lowest BCUT2D eigenvalue weighted by atomic mass is 9.44. The minimum Gasteiger partial charge on any atom is -0.463 e. The van der Waals surface area contributed by atoms with E-state index in [2.05, 4.69) is 19.9 Å². The molecule has 0 radical (unpaired) electrons. The molecule has 4 rings (SSSR count). The molecule has 0 bridgehead atoms. The Morgan fingerprint density at radius 2 is 1.81 bits per heavy atom. The summed E-state index contributed by atoms with van der Waals surface area (Å²) in [5, 5.41) is 0. The summed E-state index contributed by atoms with van der Waals surface area (Å²) in [7, 11) is 0. The highest BCUT2D eigenvalue weighted by Crippen LogP contribution is 2.66. The van der Waals surface area contributed by atoms with E-state index in [0.29, 0.717) is 17.3 Å². The van der Waals surface area contributed by atoms with Gasteiger partial charge in [-0.2, -0.15) is 0 Å². The second-order valence-corrected chi connectivity index (χ2v) is 10.0. The number of Topliss-reactive ketones (excluding diaryl/α,β-unsaturated/α-hetero) is 1. The van der Waals surface area contributed by atoms with E-state index in [9.17, 15) is 9.59 Å². The topological polar surface area (TPSA) is 43.4 Å². The van der Waals surface area contributed by atoms with Crippen molar-refractivity contribution in [2.24, 2.45) is 34.5 Å². The van der Waals surface area contributed by atoms with Crippen LogP contribution in [0.15, 0.2) is 11.6 Å². The van der Waals surface area contributed by atoms with Gasteiger partial charge in [0.1, 0.15) is 6.10 Å². The van der Waals surface area contributed by atoms with Gasteiger partial charge >= 0.3 is 5.97 Å². The number of hydrogen-bond donors (Lipinski definition) is 0. The van der Waals surface area contributed by atoms with Gasteiger partial charge in [0, 0.05) is 6.92 Å². The van der Waals surface area contributed by atoms with Crippen LogP contribution in [0.1, 0.15) is 79.1 Å². The molecule has 144 valence electrons. The van der Waals surface area contributed by atoms with E-state index in [1.54, 1.807) is 6.92 Å². The van der Waals surface area contributed by atoms with Gasteiger partial charge in [0.25, 0.3) is 0 Å². The number of hydrogen-bond acceptors (Lipinski definition) is 3. The molecule has 0 N–H and O–H groups in total. The highest BCUT2D eigenvalue weighted by molar-refractivity contribution is 5.95. The van der Waals surface area contributed by atoms with Gasteiger partial charge in [-0.25, -0.2) is 0 Å². The summed E-state index contributed by atoms with van der Waals surface area (Å²) < 4.78 is 5.56. The third kappa shape index (κ3) is 2.60. The molecule has 3 heteroatoms. The number of rotatable bonds is 2. The smallest absolute Gasteiger partial charge is 0.302 e. The Labute approximate surface area is 157 Å². The molecule has 3 fully saturated rings. The van der Waals surface area contributed by atoms with Crippen LogP contribution < -0.4 is 0 Å².